The molecule has 0 radical (unpaired) electrons. The Morgan fingerprint density at radius 2 is 1.52 bits per heavy atom. The molecule has 0 fully saturated rings. The van der Waals surface area contributed by atoms with E-state index in [2.05, 4.69) is 5.32 Å². The Kier molecular flexibility index (Phi) is 12.0. The van der Waals surface area contributed by atoms with Gasteiger partial charge in [-0.05, 0) is 66.8 Å². The van der Waals surface area contributed by atoms with E-state index in [4.69, 9.17) is 4.74 Å². The fourth-order valence-electron chi connectivity index (χ4n) is 5.26. The molecule has 0 aromatic heterocycles. The molecule has 4 rings (SSSR count). The summed E-state index contributed by atoms with van der Waals surface area (Å²) in [6, 6.07) is 29.5. The van der Waals surface area contributed by atoms with Gasteiger partial charge >= 0.3 is 0 Å². The number of nitrogens with zero attached hydrogens (tertiary/aromatic N) is 2. The molecule has 0 aliphatic rings. The topological polar surface area (TPSA) is 96.0 Å². The maximum absolute atomic E-state index is 14.7. The molecule has 4 aromatic carbocycles. The first-order chi connectivity index (χ1) is 22.1. The van der Waals surface area contributed by atoms with E-state index in [1.807, 2.05) is 81.4 Å². The van der Waals surface area contributed by atoms with Crippen LogP contribution in [0.2, 0.25) is 0 Å². The molecule has 242 valence electrons. The molecule has 0 spiro atoms. The molecule has 2 amide bonds. The average molecular weight is 642 g/mol. The molecule has 0 saturated carbocycles. The Balaban J connectivity index is 1.84. The molecule has 8 nitrogen and oxygen atoms in total. The van der Waals surface area contributed by atoms with Gasteiger partial charge in [-0.15, -0.1) is 0 Å². The van der Waals surface area contributed by atoms with E-state index >= 15 is 0 Å². The lowest BCUT2D eigenvalue weighted by Gasteiger charge is -2.34. The van der Waals surface area contributed by atoms with Gasteiger partial charge in [0.05, 0.1) is 17.7 Å². The number of amides is 2. The smallest absolute Gasteiger partial charge is 0.264 e. The van der Waals surface area contributed by atoms with E-state index in [0.717, 1.165) is 39.4 Å². The number of benzene rings is 4. The molecule has 0 unspecified atom stereocenters. The number of carbonyl (C=O) groups is 2. The fourth-order valence-corrected chi connectivity index (χ4v) is 6.70. The standard InChI is InChI=1S/C37H43N3O5S/c1-5-6-23-38-37(42)34(25-30-16-9-7-10-17-30)39(26-31-18-14-13-15-29(31)3)36(41)27-40(33-24-28(2)21-22-35(33)45-4)46(43,44)32-19-11-8-12-20-32/h7-22,24,34H,5-6,23,25-27H2,1-4H3,(H,38,42)/t34-/m0/s1. The van der Waals surface area contributed by atoms with E-state index in [1.54, 1.807) is 30.3 Å². The van der Waals surface area contributed by atoms with Gasteiger partial charge in [-0.1, -0.05) is 92.2 Å². The van der Waals surface area contributed by atoms with Crippen molar-refractivity contribution in [2.24, 2.45) is 0 Å². The summed E-state index contributed by atoms with van der Waals surface area (Å²) >= 11 is 0. The van der Waals surface area contributed by atoms with Crippen LogP contribution in [0.25, 0.3) is 0 Å². The van der Waals surface area contributed by atoms with Crippen LogP contribution in [0.15, 0.2) is 108 Å². The fraction of sp³-hybridized carbons (Fsp3) is 0.297. The van der Waals surface area contributed by atoms with Crippen LogP contribution in [0.4, 0.5) is 5.69 Å². The minimum atomic E-state index is -4.23. The van der Waals surface area contributed by atoms with Crippen molar-refractivity contribution in [3.8, 4) is 5.75 Å². The average Bonchev–Trinajstić information content (AvgIpc) is 3.06. The van der Waals surface area contributed by atoms with E-state index in [-0.39, 0.29) is 29.5 Å². The van der Waals surface area contributed by atoms with Gasteiger partial charge in [-0.2, -0.15) is 0 Å². The van der Waals surface area contributed by atoms with Crippen molar-refractivity contribution in [3.63, 3.8) is 0 Å². The van der Waals surface area contributed by atoms with Gasteiger partial charge in [0.15, 0.2) is 0 Å². The number of rotatable bonds is 15. The van der Waals surface area contributed by atoms with E-state index in [0.29, 0.717) is 12.3 Å². The van der Waals surface area contributed by atoms with Gasteiger partial charge in [0.2, 0.25) is 11.8 Å². The first-order valence-electron chi connectivity index (χ1n) is 15.5. The summed E-state index contributed by atoms with van der Waals surface area (Å²) in [5.41, 5.74) is 3.74. The van der Waals surface area contributed by atoms with Crippen LogP contribution in [0.5, 0.6) is 5.75 Å². The van der Waals surface area contributed by atoms with Crippen molar-refractivity contribution in [1.82, 2.24) is 10.2 Å². The summed E-state index contributed by atoms with van der Waals surface area (Å²) in [6.07, 6.45) is 1.96. The molecule has 9 heteroatoms. The number of nitrogens with one attached hydrogen (secondary N) is 1. The number of sulfonamides is 1. The lowest BCUT2D eigenvalue weighted by Crippen LogP contribution is -2.53. The van der Waals surface area contributed by atoms with Crippen LogP contribution in [0, 0.1) is 13.8 Å². The van der Waals surface area contributed by atoms with Crippen molar-refractivity contribution in [3.05, 3.63) is 125 Å². The Labute approximate surface area is 273 Å². The monoisotopic (exact) mass is 641 g/mol. The van der Waals surface area contributed by atoms with Gasteiger partial charge in [0, 0.05) is 19.5 Å². The second-order valence-corrected chi connectivity index (χ2v) is 13.2. The minimum Gasteiger partial charge on any atom is -0.495 e. The number of hydrogen-bond acceptors (Lipinski definition) is 5. The summed E-state index contributed by atoms with van der Waals surface area (Å²) in [4.78, 5) is 30.1. The number of aryl methyl sites for hydroxylation is 2. The second kappa shape index (κ2) is 16.1. The molecule has 0 bridgehead atoms. The van der Waals surface area contributed by atoms with Crippen LogP contribution in [0.3, 0.4) is 0 Å². The number of anilines is 1. The first-order valence-corrected chi connectivity index (χ1v) is 17.0. The zero-order valence-corrected chi connectivity index (χ0v) is 27.8. The van der Waals surface area contributed by atoms with E-state index in [9.17, 15) is 18.0 Å². The van der Waals surface area contributed by atoms with Gasteiger partial charge in [0.1, 0.15) is 18.3 Å². The van der Waals surface area contributed by atoms with Gasteiger partial charge in [-0.25, -0.2) is 8.42 Å². The summed E-state index contributed by atoms with van der Waals surface area (Å²) in [5.74, 6) is -0.496. The van der Waals surface area contributed by atoms with Crippen molar-refractivity contribution in [1.29, 1.82) is 0 Å². The summed E-state index contributed by atoms with van der Waals surface area (Å²) < 4.78 is 35.2. The Morgan fingerprint density at radius 1 is 0.870 bits per heavy atom. The lowest BCUT2D eigenvalue weighted by molar-refractivity contribution is -0.140. The Bertz CT molecular complexity index is 1710. The molecular formula is C37H43N3O5S. The number of unbranched alkanes of at least 4 members (excludes halogenated alkanes) is 1. The van der Waals surface area contributed by atoms with Crippen LogP contribution in [0.1, 0.15) is 42.0 Å². The third-order valence-corrected chi connectivity index (χ3v) is 9.69. The maximum Gasteiger partial charge on any atom is 0.264 e. The second-order valence-electron chi connectivity index (χ2n) is 11.3. The largest absolute Gasteiger partial charge is 0.495 e. The van der Waals surface area contributed by atoms with Gasteiger partial charge in [-0.3, -0.25) is 13.9 Å². The quantitative estimate of drug-likeness (QED) is 0.159. The molecule has 1 atom stereocenters. The molecule has 4 aromatic rings. The maximum atomic E-state index is 14.7. The molecule has 0 aliphatic carbocycles. The van der Waals surface area contributed by atoms with E-state index in [1.165, 1.54) is 24.1 Å². The zero-order valence-electron chi connectivity index (χ0n) is 27.0. The van der Waals surface area contributed by atoms with Crippen LogP contribution in [-0.4, -0.2) is 51.4 Å². The predicted molar refractivity (Wildman–Crippen MR) is 182 cm³/mol. The van der Waals surface area contributed by atoms with E-state index < -0.39 is 28.5 Å². The zero-order chi connectivity index (χ0) is 33.1. The van der Waals surface area contributed by atoms with Crippen LogP contribution >= 0.6 is 0 Å². The highest BCUT2D eigenvalue weighted by Crippen LogP contribution is 2.34. The SMILES string of the molecule is CCCCNC(=O)[C@H](Cc1ccccc1)N(Cc1ccccc1C)C(=O)CN(c1cc(C)ccc1OC)S(=O)(=O)c1ccccc1. The Hall–Kier alpha value is -4.63. The normalized spacial score (nSPS) is 11.8. The number of methoxy groups -OCH3 is 1. The van der Waals surface area contributed by atoms with Crippen molar-refractivity contribution < 1.29 is 22.7 Å². The molecular weight excluding hydrogens is 598 g/mol. The van der Waals surface area contributed by atoms with Crippen LogP contribution < -0.4 is 14.4 Å². The first kappa shape index (κ1) is 34.2. The molecule has 46 heavy (non-hydrogen) atoms. The highest BCUT2D eigenvalue weighted by Gasteiger charge is 2.35. The van der Waals surface area contributed by atoms with Gasteiger partial charge in [0.25, 0.3) is 10.0 Å². The van der Waals surface area contributed by atoms with Gasteiger partial charge < -0.3 is 15.0 Å². The minimum absolute atomic E-state index is 0.0370. The highest BCUT2D eigenvalue weighted by molar-refractivity contribution is 7.92. The van der Waals surface area contributed by atoms with Crippen molar-refractivity contribution in [2.75, 3.05) is 24.5 Å². The molecule has 1 N–H and O–H groups in total. The highest BCUT2D eigenvalue weighted by atomic mass is 32.2. The predicted octanol–water partition coefficient (Wildman–Crippen LogP) is 6.06. The third kappa shape index (κ3) is 8.54. The Morgan fingerprint density at radius 3 is 2.17 bits per heavy atom. The summed E-state index contributed by atoms with van der Waals surface area (Å²) in [6.45, 7) is 5.89. The summed E-state index contributed by atoms with van der Waals surface area (Å²) in [5, 5.41) is 3.02. The van der Waals surface area contributed by atoms with Crippen molar-refractivity contribution in [2.45, 2.75) is 57.5 Å². The number of ether oxygens (including phenoxy) is 1. The molecule has 0 aliphatic heterocycles. The number of hydrogen-bond donors (Lipinski definition) is 1. The molecule has 0 heterocycles. The summed E-state index contributed by atoms with van der Waals surface area (Å²) in [7, 11) is -2.77. The molecule has 0 saturated heterocycles. The number of carbonyl (C=O) groups excluding carboxylic acids is 2. The lowest BCUT2D eigenvalue weighted by atomic mass is 10.0. The third-order valence-electron chi connectivity index (χ3n) is 7.92. The van der Waals surface area contributed by atoms with Crippen LogP contribution in [-0.2, 0) is 32.6 Å². The van der Waals surface area contributed by atoms with Crippen molar-refractivity contribution >= 4 is 27.5 Å².